The number of nitrogens with zero attached hydrogens (tertiary/aromatic N) is 1. The summed E-state index contributed by atoms with van der Waals surface area (Å²) in [7, 11) is 0. The van der Waals surface area contributed by atoms with E-state index in [0.29, 0.717) is 25.3 Å². The summed E-state index contributed by atoms with van der Waals surface area (Å²) < 4.78 is 5.52. The van der Waals surface area contributed by atoms with Crippen LogP contribution in [0.4, 0.5) is 0 Å². The molecule has 0 aromatic rings. The molecule has 5 nitrogen and oxygen atoms in total. The van der Waals surface area contributed by atoms with E-state index in [1.807, 2.05) is 6.92 Å². The predicted octanol–water partition coefficient (Wildman–Crippen LogP) is 1.43. The number of carboxylic acid groups (broad SMARTS) is 1. The highest BCUT2D eigenvalue weighted by Crippen LogP contribution is 2.17. The highest BCUT2D eigenvalue weighted by Gasteiger charge is 2.26. The molecule has 102 valence electrons. The lowest BCUT2D eigenvalue weighted by Crippen LogP contribution is -2.43. The number of hydrogen-bond acceptors (Lipinski definition) is 3. The van der Waals surface area contributed by atoms with Gasteiger partial charge in [-0.3, -0.25) is 4.79 Å². The zero-order chi connectivity index (χ0) is 13.7. The van der Waals surface area contributed by atoms with Gasteiger partial charge in [0.1, 0.15) is 0 Å². The Balaban J connectivity index is 2.72. The maximum atomic E-state index is 12.1. The Morgan fingerprint density at radius 1 is 1.33 bits per heavy atom. The van der Waals surface area contributed by atoms with E-state index in [9.17, 15) is 9.59 Å². The second-order valence-electron chi connectivity index (χ2n) is 4.53. The smallest absolute Gasteiger partial charge is 0.331 e. The van der Waals surface area contributed by atoms with E-state index < -0.39 is 5.97 Å². The second-order valence-corrected chi connectivity index (χ2v) is 4.53. The van der Waals surface area contributed by atoms with Crippen molar-refractivity contribution >= 4 is 11.9 Å². The lowest BCUT2D eigenvalue weighted by atomic mass is 10.1. The minimum absolute atomic E-state index is 0.0747. The molecule has 1 aliphatic heterocycles. The van der Waals surface area contributed by atoms with Gasteiger partial charge < -0.3 is 14.7 Å². The number of amides is 1. The molecule has 18 heavy (non-hydrogen) atoms. The Kier molecular flexibility index (Phi) is 5.34. The van der Waals surface area contributed by atoms with E-state index in [2.05, 4.69) is 0 Å². The fraction of sp³-hybridized carbons (Fsp3) is 0.692. The number of likely N-dealkylation sites (tertiary alicyclic amines) is 1. The zero-order valence-corrected chi connectivity index (χ0v) is 11.2. The summed E-state index contributed by atoms with van der Waals surface area (Å²) in [6, 6.07) is 0. The van der Waals surface area contributed by atoms with Gasteiger partial charge in [0.2, 0.25) is 5.91 Å². The van der Waals surface area contributed by atoms with E-state index >= 15 is 0 Å². The zero-order valence-electron chi connectivity index (χ0n) is 11.2. The van der Waals surface area contributed by atoms with Gasteiger partial charge in [0.25, 0.3) is 0 Å². The molecule has 1 heterocycles. The normalized spacial score (nSPS) is 21.5. The molecule has 0 radical (unpaired) electrons. The van der Waals surface area contributed by atoms with Crippen LogP contribution in [0.5, 0.6) is 0 Å². The first kappa shape index (κ1) is 14.7. The Morgan fingerprint density at radius 3 is 2.56 bits per heavy atom. The maximum absolute atomic E-state index is 12.1. The predicted molar refractivity (Wildman–Crippen MR) is 67.2 cm³/mol. The summed E-state index contributed by atoms with van der Waals surface area (Å²) in [6.45, 7) is 6.81. The number of carbonyl (C=O) groups excluding carboxylic acids is 1. The van der Waals surface area contributed by atoms with Crippen molar-refractivity contribution in [2.75, 3.05) is 19.7 Å². The van der Waals surface area contributed by atoms with Crippen LogP contribution in [0, 0.1) is 0 Å². The van der Waals surface area contributed by atoms with Crippen molar-refractivity contribution in [2.45, 2.75) is 39.7 Å². The minimum Gasteiger partial charge on any atom is -0.478 e. The summed E-state index contributed by atoms with van der Waals surface area (Å²) in [5, 5.41) is 8.88. The van der Waals surface area contributed by atoms with Gasteiger partial charge in [0.15, 0.2) is 0 Å². The molecule has 0 spiro atoms. The third-order valence-corrected chi connectivity index (χ3v) is 3.27. The molecule has 0 aromatic carbocycles. The first-order valence-corrected chi connectivity index (χ1v) is 6.29. The fourth-order valence-electron chi connectivity index (χ4n) is 2.05. The Morgan fingerprint density at radius 2 is 2.00 bits per heavy atom. The van der Waals surface area contributed by atoms with Crippen LogP contribution < -0.4 is 0 Å². The summed E-state index contributed by atoms with van der Waals surface area (Å²) in [5.74, 6) is -1.24. The average Bonchev–Trinajstić information content (AvgIpc) is 2.36. The van der Waals surface area contributed by atoms with E-state index in [0.717, 1.165) is 12.8 Å². The Hall–Kier alpha value is -1.36. The van der Waals surface area contributed by atoms with Crippen LogP contribution in [-0.2, 0) is 14.3 Å². The molecule has 1 amide bonds. The minimum atomic E-state index is -1.04. The number of hydrogen-bond donors (Lipinski definition) is 1. The van der Waals surface area contributed by atoms with Gasteiger partial charge in [-0.1, -0.05) is 0 Å². The molecule has 1 rings (SSSR count). The maximum Gasteiger partial charge on any atom is 0.331 e. The van der Waals surface area contributed by atoms with Crippen molar-refractivity contribution in [3.05, 3.63) is 11.1 Å². The summed E-state index contributed by atoms with van der Waals surface area (Å²) >= 11 is 0. The monoisotopic (exact) mass is 255 g/mol. The molecular formula is C13H21NO4. The van der Waals surface area contributed by atoms with Gasteiger partial charge in [-0.25, -0.2) is 4.79 Å². The van der Waals surface area contributed by atoms with E-state index in [1.165, 1.54) is 6.92 Å². The van der Waals surface area contributed by atoms with Gasteiger partial charge in [-0.2, -0.15) is 0 Å². The van der Waals surface area contributed by atoms with Crippen molar-refractivity contribution in [1.29, 1.82) is 0 Å². The van der Waals surface area contributed by atoms with Crippen LogP contribution in [0.15, 0.2) is 11.1 Å². The molecule has 0 aliphatic carbocycles. The van der Waals surface area contributed by atoms with Gasteiger partial charge in [-0.05, 0) is 33.6 Å². The third-order valence-electron chi connectivity index (χ3n) is 3.27. The lowest BCUT2D eigenvalue weighted by Gasteiger charge is -2.32. The number of carboxylic acids is 1. The van der Waals surface area contributed by atoms with Crippen LogP contribution in [0.3, 0.4) is 0 Å². The highest BCUT2D eigenvalue weighted by atomic mass is 16.5. The van der Waals surface area contributed by atoms with Crippen LogP contribution in [0.2, 0.25) is 0 Å². The molecule has 5 heteroatoms. The van der Waals surface area contributed by atoms with E-state index in [1.54, 1.807) is 11.8 Å². The van der Waals surface area contributed by atoms with Crippen molar-refractivity contribution in [2.24, 2.45) is 0 Å². The van der Waals surface area contributed by atoms with Crippen LogP contribution in [-0.4, -0.2) is 47.7 Å². The van der Waals surface area contributed by atoms with Gasteiger partial charge in [0, 0.05) is 30.8 Å². The molecule has 1 fully saturated rings. The summed E-state index contributed by atoms with van der Waals surface area (Å²) in [5.41, 5.74) is 0.415. The number of aliphatic carboxylic acids is 1. The summed E-state index contributed by atoms with van der Waals surface area (Å²) in [4.78, 5) is 24.7. The Labute approximate surface area is 107 Å². The molecule has 0 bridgehead atoms. The number of ether oxygens (including phenoxy) is 1. The van der Waals surface area contributed by atoms with Crippen LogP contribution >= 0.6 is 0 Å². The van der Waals surface area contributed by atoms with Crippen molar-refractivity contribution in [3.63, 3.8) is 0 Å². The molecule has 0 aromatic heterocycles. The molecule has 1 N–H and O–H groups in total. The largest absolute Gasteiger partial charge is 0.478 e. The number of carbonyl (C=O) groups is 2. The van der Waals surface area contributed by atoms with Gasteiger partial charge in [0.05, 0.1) is 6.10 Å². The van der Waals surface area contributed by atoms with Crippen molar-refractivity contribution < 1.29 is 19.4 Å². The second kappa shape index (κ2) is 6.54. The van der Waals surface area contributed by atoms with Crippen LogP contribution in [0.25, 0.3) is 0 Å². The first-order valence-electron chi connectivity index (χ1n) is 6.29. The molecule has 1 saturated heterocycles. The topological polar surface area (TPSA) is 66.8 Å². The molecule has 1 atom stereocenters. The lowest BCUT2D eigenvalue weighted by molar-refractivity contribution is -0.134. The quantitative estimate of drug-likeness (QED) is 0.772. The summed E-state index contributed by atoms with van der Waals surface area (Å²) in [6.07, 6.45) is 1.93. The average molecular weight is 255 g/mol. The number of rotatable bonds is 4. The molecule has 1 unspecified atom stereocenters. The van der Waals surface area contributed by atoms with Crippen LogP contribution in [0.1, 0.15) is 33.6 Å². The van der Waals surface area contributed by atoms with E-state index in [-0.39, 0.29) is 17.6 Å². The van der Waals surface area contributed by atoms with Gasteiger partial charge in [-0.15, -0.1) is 0 Å². The Bertz CT molecular complexity index is 360. The fourth-order valence-corrected chi connectivity index (χ4v) is 2.05. The third kappa shape index (κ3) is 3.57. The van der Waals surface area contributed by atoms with Crippen molar-refractivity contribution in [1.82, 2.24) is 4.90 Å². The van der Waals surface area contributed by atoms with Gasteiger partial charge >= 0.3 is 5.97 Å². The molecule has 0 saturated carbocycles. The standard InChI is InChI=1S/C13H21NO4/c1-4-18-11-6-5-7-14(8-11)12(15)9(2)10(3)13(16)17/h11H,4-8H2,1-3H3,(H,16,17). The highest BCUT2D eigenvalue weighted by molar-refractivity contribution is 6.01. The van der Waals surface area contributed by atoms with Crippen molar-refractivity contribution in [3.8, 4) is 0 Å². The SMILES string of the molecule is CCOC1CCCN(C(=O)C(C)=C(C)C(=O)O)C1. The molecular weight excluding hydrogens is 234 g/mol. The first-order chi connectivity index (χ1) is 8.47. The van der Waals surface area contributed by atoms with E-state index in [4.69, 9.17) is 9.84 Å². The molecule has 1 aliphatic rings. The number of piperidine rings is 1.